The van der Waals surface area contributed by atoms with Crippen LogP contribution in [-0.4, -0.2) is 40.0 Å². The summed E-state index contributed by atoms with van der Waals surface area (Å²) in [4.78, 5) is 12.3. The molecular weight excluding hydrogens is 338 g/mol. The molecule has 1 aromatic carbocycles. The first kappa shape index (κ1) is 19.6. The van der Waals surface area contributed by atoms with Crippen LogP contribution in [0.1, 0.15) is 23.2 Å². The Hall–Kier alpha value is -1.41. The van der Waals surface area contributed by atoms with E-state index in [9.17, 15) is 13.2 Å². The zero-order chi connectivity index (χ0) is 16.0. The molecule has 1 heterocycles. The highest BCUT2D eigenvalue weighted by Gasteiger charge is 2.17. The van der Waals surface area contributed by atoms with E-state index >= 15 is 0 Å². The number of carbonyl (C=O) groups excluding carboxylic acids is 1. The molecule has 8 heteroatoms. The van der Waals surface area contributed by atoms with E-state index in [4.69, 9.17) is 0 Å². The molecule has 0 aromatic heterocycles. The maximum Gasteiger partial charge on any atom is 0.251 e. The number of sulfonamides is 1. The highest BCUT2D eigenvalue weighted by atomic mass is 35.5. The van der Waals surface area contributed by atoms with Crippen molar-refractivity contribution >= 4 is 28.3 Å². The molecule has 0 aliphatic carbocycles. The van der Waals surface area contributed by atoms with Crippen LogP contribution in [-0.2, 0) is 10.0 Å². The second kappa shape index (κ2) is 9.02. The first-order chi connectivity index (χ1) is 10.5. The Bertz CT molecular complexity index is 626. The van der Waals surface area contributed by atoms with Crippen LogP contribution in [0.3, 0.4) is 0 Å². The molecule has 0 unspecified atom stereocenters. The van der Waals surface area contributed by atoms with Gasteiger partial charge in [0.1, 0.15) is 0 Å². The molecule has 2 rings (SSSR count). The van der Waals surface area contributed by atoms with Crippen LogP contribution in [0, 0.1) is 0 Å². The maximum absolute atomic E-state index is 12.1. The van der Waals surface area contributed by atoms with Crippen molar-refractivity contribution in [1.29, 1.82) is 0 Å². The Kier molecular flexibility index (Phi) is 7.70. The smallest absolute Gasteiger partial charge is 0.251 e. The Morgan fingerprint density at radius 1 is 1.35 bits per heavy atom. The normalized spacial score (nSPS) is 17.8. The number of piperidine rings is 1. The average molecular weight is 360 g/mol. The van der Waals surface area contributed by atoms with E-state index in [1.165, 1.54) is 30.3 Å². The zero-order valence-corrected chi connectivity index (χ0v) is 14.4. The lowest BCUT2D eigenvalue weighted by molar-refractivity contribution is 0.0930. The lowest BCUT2D eigenvalue weighted by Crippen LogP contribution is -2.45. The van der Waals surface area contributed by atoms with E-state index in [1.807, 2.05) is 0 Å². The van der Waals surface area contributed by atoms with Crippen LogP contribution < -0.4 is 15.4 Å². The molecular formula is C15H22ClN3O3S. The molecule has 23 heavy (non-hydrogen) atoms. The number of rotatable bonds is 6. The second-order valence-corrected chi connectivity index (χ2v) is 6.95. The van der Waals surface area contributed by atoms with Crippen molar-refractivity contribution in [3.63, 3.8) is 0 Å². The van der Waals surface area contributed by atoms with E-state index in [-0.39, 0.29) is 35.8 Å². The van der Waals surface area contributed by atoms with Crippen LogP contribution in [0.15, 0.2) is 41.8 Å². The molecule has 0 bridgehead atoms. The SMILES string of the molecule is C=CCNS(=O)(=O)c1ccc(C(=O)N[C@H]2CCCNC2)cc1.Cl. The Morgan fingerprint density at radius 2 is 2.04 bits per heavy atom. The molecule has 1 aliphatic rings. The molecule has 1 atom stereocenters. The fourth-order valence-electron chi connectivity index (χ4n) is 2.28. The van der Waals surface area contributed by atoms with E-state index < -0.39 is 10.0 Å². The van der Waals surface area contributed by atoms with Crippen molar-refractivity contribution in [2.45, 2.75) is 23.8 Å². The van der Waals surface area contributed by atoms with Crippen LogP contribution >= 0.6 is 12.4 Å². The number of hydrogen-bond donors (Lipinski definition) is 3. The van der Waals surface area contributed by atoms with Gasteiger partial charge in [-0.05, 0) is 43.7 Å². The third-order valence-electron chi connectivity index (χ3n) is 3.48. The lowest BCUT2D eigenvalue weighted by atomic mass is 10.1. The minimum absolute atomic E-state index is 0. The van der Waals surface area contributed by atoms with Gasteiger partial charge in [0, 0.05) is 24.7 Å². The third-order valence-corrected chi connectivity index (χ3v) is 4.92. The molecule has 0 radical (unpaired) electrons. The first-order valence-electron chi connectivity index (χ1n) is 7.25. The van der Waals surface area contributed by atoms with Crippen LogP contribution in [0.2, 0.25) is 0 Å². The average Bonchev–Trinajstić information content (AvgIpc) is 2.54. The zero-order valence-electron chi connectivity index (χ0n) is 12.7. The van der Waals surface area contributed by atoms with Gasteiger partial charge < -0.3 is 10.6 Å². The molecule has 0 spiro atoms. The maximum atomic E-state index is 12.1. The summed E-state index contributed by atoms with van der Waals surface area (Å²) >= 11 is 0. The molecule has 3 N–H and O–H groups in total. The van der Waals surface area contributed by atoms with Gasteiger partial charge in [-0.3, -0.25) is 4.79 Å². The second-order valence-electron chi connectivity index (χ2n) is 5.18. The van der Waals surface area contributed by atoms with Crippen molar-refractivity contribution in [2.75, 3.05) is 19.6 Å². The lowest BCUT2D eigenvalue weighted by Gasteiger charge is -2.23. The molecule has 128 valence electrons. The summed E-state index contributed by atoms with van der Waals surface area (Å²) in [7, 11) is -3.56. The van der Waals surface area contributed by atoms with E-state index in [0.717, 1.165) is 25.9 Å². The summed E-state index contributed by atoms with van der Waals surface area (Å²) < 4.78 is 26.2. The quantitative estimate of drug-likeness (QED) is 0.663. The Balaban J connectivity index is 0.00000264. The number of hydrogen-bond acceptors (Lipinski definition) is 4. The number of carbonyl (C=O) groups is 1. The highest BCUT2D eigenvalue weighted by Crippen LogP contribution is 2.11. The van der Waals surface area contributed by atoms with Crippen molar-refractivity contribution in [3.05, 3.63) is 42.5 Å². The predicted molar refractivity (Wildman–Crippen MR) is 92.4 cm³/mol. The molecule has 1 saturated heterocycles. The van der Waals surface area contributed by atoms with Crippen molar-refractivity contribution < 1.29 is 13.2 Å². The minimum atomic E-state index is -3.56. The first-order valence-corrected chi connectivity index (χ1v) is 8.73. The van der Waals surface area contributed by atoms with Gasteiger partial charge in [0.25, 0.3) is 5.91 Å². The van der Waals surface area contributed by atoms with E-state index in [0.29, 0.717) is 5.56 Å². The van der Waals surface area contributed by atoms with Gasteiger partial charge in [-0.2, -0.15) is 0 Å². The van der Waals surface area contributed by atoms with Crippen molar-refractivity contribution in [3.8, 4) is 0 Å². The summed E-state index contributed by atoms with van der Waals surface area (Å²) in [5.74, 6) is -0.184. The largest absolute Gasteiger partial charge is 0.348 e. The fraction of sp³-hybridized carbons (Fsp3) is 0.400. The van der Waals surface area contributed by atoms with E-state index in [1.54, 1.807) is 0 Å². The van der Waals surface area contributed by atoms with Gasteiger partial charge >= 0.3 is 0 Å². The summed E-state index contributed by atoms with van der Waals surface area (Å²) in [5, 5.41) is 6.18. The van der Waals surface area contributed by atoms with Crippen molar-refractivity contribution in [2.24, 2.45) is 0 Å². The van der Waals surface area contributed by atoms with Gasteiger partial charge in [-0.1, -0.05) is 6.08 Å². The van der Waals surface area contributed by atoms with Gasteiger partial charge in [0.2, 0.25) is 10.0 Å². The Labute approximate surface area is 143 Å². The molecule has 1 aromatic rings. The Morgan fingerprint density at radius 3 is 2.61 bits per heavy atom. The fourth-order valence-corrected chi connectivity index (χ4v) is 3.28. The van der Waals surface area contributed by atoms with Crippen LogP contribution in [0.5, 0.6) is 0 Å². The highest BCUT2D eigenvalue weighted by molar-refractivity contribution is 7.89. The molecule has 6 nitrogen and oxygen atoms in total. The molecule has 1 fully saturated rings. The topological polar surface area (TPSA) is 87.3 Å². The molecule has 0 saturated carbocycles. The van der Waals surface area contributed by atoms with Gasteiger partial charge in [-0.25, -0.2) is 13.1 Å². The monoisotopic (exact) mass is 359 g/mol. The van der Waals surface area contributed by atoms with Gasteiger partial charge in [0.15, 0.2) is 0 Å². The number of benzene rings is 1. The van der Waals surface area contributed by atoms with Crippen LogP contribution in [0.4, 0.5) is 0 Å². The standard InChI is InChI=1S/C15H21N3O3S.ClH/c1-2-9-17-22(20,21)14-7-5-12(6-8-14)15(19)18-13-4-3-10-16-11-13;/h2,5-8,13,16-17H,1,3-4,9-11H2,(H,18,19);1H/t13-;/m0./s1. The van der Waals surface area contributed by atoms with Gasteiger partial charge in [-0.15, -0.1) is 19.0 Å². The number of halogens is 1. The predicted octanol–water partition coefficient (Wildman–Crippen LogP) is 1.05. The summed E-state index contributed by atoms with van der Waals surface area (Å²) in [5.41, 5.74) is 0.452. The summed E-state index contributed by atoms with van der Waals surface area (Å²) in [6.45, 7) is 5.38. The minimum Gasteiger partial charge on any atom is -0.348 e. The van der Waals surface area contributed by atoms with E-state index in [2.05, 4.69) is 21.9 Å². The molecule has 1 amide bonds. The molecule has 1 aliphatic heterocycles. The number of nitrogens with one attached hydrogen (secondary N) is 3. The van der Waals surface area contributed by atoms with Crippen molar-refractivity contribution in [1.82, 2.24) is 15.4 Å². The van der Waals surface area contributed by atoms with Crippen LogP contribution in [0.25, 0.3) is 0 Å². The number of amides is 1. The summed E-state index contributed by atoms with van der Waals surface area (Å²) in [6.07, 6.45) is 3.46. The third kappa shape index (κ3) is 5.62. The summed E-state index contributed by atoms with van der Waals surface area (Å²) in [6, 6.07) is 6.03. The van der Waals surface area contributed by atoms with Gasteiger partial charge in [0.05, 0.1) is 4.90 Å².